The number of sulfonamides is 1. The van der Waals surface area contributed by atoms with Crippen LogP contribution >= 0.6 is 24.0 Å². The zero-order valence-electron chi connectivity index (χ0n) is 16.3. The van der Waals surface area contributed by atoms with Crippen LogP contribution in [0.1, 0.15) is 11.1 Å². The van der Waals surface area contributed by atoms with Gasteiger partial charge in [0, 0.05) is 20.6 Å². The molecule has 0 saturated heterocycles. The van der Waals surface area contributed by atoms with Crippen LogP contribution in [0.4, 0.5) is 0 Å². The summed E-state index contributed by atoms with van der Waals surface area (Å²) in [4.78, 5) is 17.9. The summed E-state index contributed by atoms with van der Waals surface area (Å²) in [6.45, 7) is 0.969. The molecular weight excluding hydrogens is 505 g/mol. The zero-order valence-corrected chi connectivity index (χ0v) is 19.5. The summed E-state index contributed by atoms with van der Waals surface area (Å²) in [5.74, 6) is 0.404. The van der Waals surface area contributed by atoms with Gasteiger partial charge in [0.05, 0.1) is 18.0 Å². The molecule has 8 nitrogen and oxygen atoms in total. The molecule has 158 valence electrons. The van der Waals surface area contributed by atoms with Gasteiger partial charge in [-0.1, -0.05) is 42.5 Å². The smallest absolute Gasteiger partial charge is 0.241 e. The molecule has 0 aromatic heterocycles. The van der Waals surface area contributed by atoms with E-state index in [-0.39, 0.29) is 41.3 Å². The molecule has 2 aromatic rings. The third-order valence-electron chi connectivity index (χ3n) is 3.88. The topological polar surface area (TPSA) is 117 Å². The number of guanidine groups is 1. The zero-order chi connectivity index (χ0) is 20.6. The number of nitrogens with one attached hydrogen (secondary N) is 2. The third-order valence-corrected chi connectivity index (χ3v) is 4.81. The van der Waals surface area contributed by atoms with Gasteiger partial charge in [0.2, 0.25) is 15.9 Å². The second kappa shape index (κ2) is 11.7. The molecule has 10 heteroatoms. The second-order valence-corrected chi connectivity index (χ2v) is 7.90. The van der Waals surface area contributed by atoms with Crippen molar-refractivity contribution in [2.24, 2.45) is 10.1 Å². The number of nitrogens with zero attached hydrogens (tertiary/aromatic N) is 2. The van der Waals surface area contributed by atoms with Crippen molar-refractivity contribution >= 4 is 45.9 Å². The monoisotopic (exact) mass is 531 g/mol. The van der Waals surface area contributed by atoms with Crippen molar-refractivity contribution in [2.75, 3.05) is 20.6 Å². The average molecular weight is 531 g/mol. The third kappa shape index (κ3) is 8.79. The van der Waals surface area contributed by atoms with Gasteiger partial charge >= 0.3 is 0 Å². The number of primary sulfonamides is 1. The summed E-state index contributed by atoms with van der Waals surface area (Å²) in [6.07, 6.45) is 0. The first kappa shape index (κ1) is 24.9. The van der Waals surface area contributed by atoms with E-state index in [1.165, 1.54) is 17.0 Å². The molecule has 0 unspecified atom stereocenters. The van der Waals surface area contributed by atoms with Crippen molar-refractivity contribution in [3.05, 3.63) is 65.7 Å². The molecule has 1 amide bonds. The Balaban J connectivity index is 0.00000420. The Kier molecular flexibility index (Phi) is 10.1. The number of carbonyl (C=O) groups is 1. The van der Waals surface area contributed by atoms with Crippen molar-refractivity contribution in [2.45, 2.75) is 18.0 Å². The quantitative estimate of drug-likeness (QED) is 0.283. The number of hydrogen-bond acceptors (Lipinski definition) is 4. The van der Waals surface area contributed by atoms with Gasteiger partial charge in [0.25, 0.3) is 0 Å². The molecule has 2 aromatic carbocycles. The fourth-order valence-corrected chi connectivity index (χ4v) is 2.74. The highest BCUT2D eigenvalue weighted by molar-refractivity contribution is 14.0. The number of halogens is 1. The Labute approximate surface area is 188 Å². The number of benzene rings is 2. The number of amides is 1. The predicted octanol–water partition coefficient (Wildman–Crippen LogP) is 1.28. The number of nitrogens with two attached hydrogens (primary N) is 1. The average Bonchev–Trinajstić information content (AvgIpc) is 2.67. The van der Waals surface area contributed by atoms with Crippen LogP contribution in [0.15, 0.2) is 64.5 Å². The molecule has 0 fully saturated rings. The minimum atomic E-state index is -3.72. The first-order chi connectivity index (χ1) is 13.3. The number of carbonyl (C=O) groups excluding carboxylic acids is 1. The molecule has 0 aliphatic heterocycles. The fraction of sp³-hybridized carbons (Fsp3) is 0.263. The predicted molar refractivity (Wildman–Crippen MR) is 124 cm³/mol. The normalized spacial score (nSPS) is 11.3. The van der Waals surface area contributed by atoms with Crippen molar-refractivity contribution in [1.82, 2.24) is 15.5 Å². The molecule has 0 heterocycles. The molecule has 0 bridgehead atoms. The lowest BCUT2D eigenvalue weighted by Crippen LogP contribution is -2.42. The van der Waals surface area contributed by atoms with Gasteiger partial charge in [0.15, 0.2) is 5.96 Å². The Morgan fingerprint density at radius 2 is 1.62 bits per heavy atom. The highest BCUT2D eigenvalue weighted by Gasteiger charge is 2.08. The molecule has 0 aliphatic rings. The van der Waals surface area contributed by atoms with E-state index in [2.05, 4.69) is 15.6 Å². The maximum atomic E-state index is 11.8. The standard InChI is InChI=1S/C19H25N5O3S.HI/c1-24(2)18(25)14-23-19(21-12-15-6-4-3-5-7-15)22-13-16-8-10-17(11-9-16)28(20,26)27;/h3-11H,12-14H2,1-2H3,(H2,20,26,27)(H2,21,22,23);1H. The van der Waals surface area contributed by atoms with Crippen molar-refractivity contribution in [3.8, 4) is 0 Å². The summed E-state index contributed by atoms with van der Waals surface area (Å²) in [5, 5.41) is 11.3. The molecular formula is C19H26IN5O3S. The van der Waals surface area contributed by atoms with Gasteiger partial charge in [-0.15, -0.1) is 24.0 Å². The van der Waals surface area contributed by atoms with E-state index in [1.807, 2.05) is 30.3 Å². The van der Waals surface area contributed by atoms with Gasteiger partial charge in [-0.2, -0.15) is 0 Å². The molecule has 4 N–H and O–H groups in total. The minimum Gasteiger partial charge on any atom is -0.352 e. The Morgan fingerprint density at radius 3 is 2.17 bits per heavy atom. The largest absolute Gasteiger partial charge is 0.352 e. The molecule has 0 atom stereocenters. The Bertz CT molecular complexity index is 917. The molecule has 0 saturated carbocycles. The van der Waals surface area contributed by atoms with Crippen LogP contribution in [0.25, 0.3) is 0 Å². The molecule has 2 rings (SSSR count). The maximum absolute atomic E-state index is 11.8. The van der Waals surface area contributed by atoms with Gasteiger partial charge < -0.3 is 15.5 Å². The second-order valence-electron chi connectivity index (χ2n) is 6.33. The summed E-state index contributed by atoms with van der Waals surface area (Å²) in [7, 11) is -0.343. The van der Waals surface area contributed by atoms with Gasteiger partial charge in [-0.25, -0.2) is 18.5 Å². The molecule has 0 radical (unpaired) electrons. The van der Waals surface area contributed by atoms with Crippen LogP contribution in [0.5, 0.6) is 0 Å². The summed E-state index contributed by atoms with van der Waals surface area (Å²) in [5.41, 5.74) is 1.89. The van der Waals surface area contributed by atoms with Crippen LogP contribution < -0.4 is 15.8 Å². The number of rotatable bonds is 7. The van der Waals surface area contributed by atoms with E-state index in [4.69, 9.17) is 5.14 Å². The van der Waals surface area contributed by atoms with E-state index >= 15 is 0 Å². The minimum absolute atomic E-state index is 0. The summed E-state index contributed by atoms with van der Waals surface area (Å²) in [6, 6.07) is 16.0. The van der Waals surface area contributed by atoms with E-state index in [9.17, 15) is 13.2 Å². The van der Waals surface area contributed by atoms with Crippen molar-refractivity contribution in [1.29, 1.82) is 0 Å². The Hall–Kier alpha value is -2.18. The lowest BCUT2D eigenvalue weighted by molar-refractivity contribution is -0.127. The SMILES string of the molecule is CN(C)C(=O)CNC(=NCc1ccccc1)NCc1ccc(S(N)(=O)=O)cc1.I. The first-order valence-electron chi connectivity index (χ1n) is 8.63. The van der Waals surface area contributed by atoms with Crippen molar-refractivity contribution in [3.63, 3.8) is 0 Å². The molecule has 29 heavy (non-hydrogen) atoms. The Morgan fingerprint density at radius 1 is 1.00 bits per heavy atom. The van der Waals surface area contributed by atoms with Crippen LogP contribution in [0.3, 0.4) is 0 Å². The lowest BCUT2D eigenvalue weighted by Gasteiger charge is -2.15. The van der Waals surface area contributed by atoms with Crippen molar-refractivity contribution < 1.29 is 13.2 Å². The summed E-state index contributed by atoms with van der Waals surface area (Å²) >= 11 is 0. The number of aliphatic imine (C=N–C) groups is 1. The molecule has 0 spiro atoms. The lowest BCUT2D eigenvalue weighted by atomic mass is 10.2. The number of likely N-dealkylation sites (N-methyl/N-ethyl adjacent to an activating group) is 1. The van der Waals surface area contributed by atoms with E-state index in [0.29, 0.717) is 19.0 Å². The van der Waals surface area contributed by atoms with Crippen LogP contribution in [0, 0.1) is 0 Å². The first-order valence-corrected chi connectivity index (χ1v) is 10.2. The summed E-state index contributed by atoms with van der Waals surface area (Å²) < 4.78 is 22.7. The van der Waals surface area contributed by atoms with Crippen LogP contribution in [0.2, 0.25) is 0 Å². The van der Waals surface area contributed by atoms with Crippen LogP contribution in [-0.4, -0.2) is 45.8 Å². The van der Waals surface area contributed by atoms with Crippen LogP contribution in [-0.2, 0) is 27.9 Å². The van der Waals surface area contributed by atoms with E-state index < -0.39 is 10.0 Å². The van der Waals surface area contributed by atoms with Gasteiger partial charge in [-0.05, 0) is 23.3 Å². The highest BCUT2D eigenvalue weighted by atomic mass is 127. The van der Waals surface area contributed by atoms with E-state index in [1.54, 1.807) is 26.2 Å². The number of hydrogen-bond donors (Lipinski definition) is 3. The van der Waals surface area contributed by atoms with E-state index in [0.717, 1.165) is 11.1 Å². The highest BCUT2D eigenvalue weighted by Crippen LogP contribution is 2.08. The van der Waals surface area contributed by atoms with Gasteiger partial charge in [0.1, 0.15) is 0 Å². The van der Waals surface area contributed by atoms with Gasteiger partial charge in [-0.3, -0.25) is 4.79 Å². The maximum Gasteiger partial charge on any atom is 0.241 e. The fourth-order valence-electron chi connectivity index (χ4n) is 2.23. The molecule has 0 aliphatic carbocycles.